The van der Waals surface area contributed by atoms with Crippen LogP contribution in [0.15, 0.2) is 30.6 Å². The quantitative estimate of drug-likeness (QED) is 0.403. The molecular weight excluding hydrogens is 236 g/mol. The molecule has 0 saturated carbocycles. The van der Waals surface area contributed by atoms with Gasteiger partial charge in [0, 0.05) is 12.1 Å². The van der Waals surface area contributed by atoms with Gasteiger partial charge in [-0.15, -0.1) is 0 Å². The number of H-pyrrole nitrogens is 1. The lowest BCUT2D eigenvalue weighted by Gasteiger charge is -1.63. The fraction of sp³-hybridized carbons (Fsp3) is 0. The molecule has 0 amide bonds. The Hall–Kier alpha value is 0.170. The summed E-state index contributed by atoms with van der Waals surface area (Å²) in [4.78, 5) is 2.89. The van der Waals surface area contributed by atoms with Gasteiger partial charge in [0.15, 0.2) is 12.4 Å². The summed E-state index contributed by atoms with van der Waals surface area (Å²) in [7, 11) is 0. The molecule has 0 spiro atoms. The lowest BCUT2D eigenvalue weighted by atomic mass is 10.5. The van der Waals surface area contributed by atoms with Crippen molar-refractivity contribution in [3.63, 3.8) is 0 Å². The maximum absolute atomic E-state index is 2.89. The van der Waals surface area contributed by atoms with E-state index in [1.54, 1.807) is 0 Å². The summed E-state index contributed by atoms with van der Waals surface area (Å²) in [5.41, 5.74) is 0. The summed E-state index contributed by atoms with van der Waals surface area (Å²) in [5.74, 6) is 0. The first-order chi connectivity index (χ1) is 3.00. The van der Waals surface area contributed by atoms with Crippen molar-refractivity contribution in [2.45, 2.75) is 0 Å². The Morgan fingerprint density at radius 1 is 0.875 bits per heavy atom. The first kappa shape index (κ1) is 11.0. The first-order valence-corrected chi connectivity index (χ1v) is 1.91. The van der Waals surface area contributed by atoms with E-state index in [1.807, 2.05) is 30.6 Å². The lowest BCUT2D eigenvalue weighted by molar-refractivity contribution is -0.377. The van der Waals surface area contributed by atoms with Crippen LogP contribution in [0, 0.1) is 0 Å². The minimum absolute atomic E-state index is 0. The van der Waals surface area contributed by atoms with E-state index >= 15 is 0 Å². The van der Waals surface area contributed by atoms with Crippen molar-refractivity contribution in [1.82, 2.24) is 0 Å². The topological polar surface area (TPSA) is 14.1 Å². The van der Waals surface area contributed by atoms with Crippen molar-refractivity contribution >= 4 is 0 Å². The fourth-order valence-electron chi connectivity index (χ4n) is 0.342. The number of hydrogen-bond donors (Lipinski definition) is 0. The number of aromatic nitrogens is 1. The van der Waals surface area contributed by atoms with Crippen LogP contribution in [0.25, 0.3) is 0 Å². The molecule has 0 unspecified atom stereocenters. The van der Waals surface area contributed by atoms with E-state index in [-0.39, 0.29) is 36.4 Å². The zero-order valence-electron chi connectivity index (χ0n) is 4.14. The molecule has 46 valence electrons. The van der Waals surface area contributed by atoms with Crippen LogP contribution in [-0.4, -0.2) is 0 Å². The molecule has 1 N–H and O–H groups in total. The van der Waals surface area contributed by atoms with Gasteiger partial charge in [-0.25, -0.2) is 4.98 Å². The highest BCUT2D eigenvalue weighted by Gasteiger charge is 1.65. The van der Waals surface area contributed by atoms with Crippen LogP contribution in [0.1, 0.15) is 0 Å². The van der Waals surface area contributed by atoms with Gasteiger partial charge < -0.3 is 36.4 Å². The average Bonchev–Trinajstić information content (AvgIpc) is 1.72. The van der Waals surface area contributed by atoms with E-state index in [1.165, 1.54) is 0 Å². The van der Waals surface area contributed by atoms with Crippen LogP contribution in [0.3, 0.4) is 0 Å². The molecule has 0 aliphatic rings. The largest absolute Gasteiger partial charge is 1.00 e. The van der Waals surface area contributed by atoms with E-state index in [9.17, 15) is 0 Å². The van der Waals surface area contributed by atoms with Crippen LogP contribution in [-0.2, 0) is 0 Å². The number of halogens is 2. The Bertz CT molecular complexity index is 84.4. The van der Waals surface area contributed by atoms with Gasteiger partial charge in [-0.3, -0.25) is 0 Å². The number of aromatic amines is 1. The molecule has 0 fully saturated rings. The Morgan fingerprint density at radius 3 is 1.50 bits per heavy atom. The summed E-state index contributed by atoms with van der Waals surface area (Å²) >= 11 is 0. The molecule has 0 atom stereocenters. The lowest BCUT2D eigenvalue weighted by Crippen LogP contribution is -3.00. The van der Waals surface area contributed by atoms with Crippen LogP contribution in [0.5, 0.6) is 0 Å². The molecule has 0 aliphatic heterocycles. The van der Waals surface area contributed by atoms with E-state index in [2.05, 4.69) is 4.98 Å². The Kier molecular flexibility index (Phi) is 9.89. The van der Waals surface area contributed by atoms with Crippen molar-refractivity contribution < 1.29 is 41.4 Å². The second-order valence-electron chi connectivity index (χ2n) is 1.08. The summed E-state index contributed by atoms with van der Waals surface area (Å²) < 4.78 is 0. The van der Waals surface area contributed by atoms with Crippen LogP contribution in [0.4, 0.5) is 0 Å². The van der Waals surface area contributed by atoms with Gasteiger partial charge in [0.2, 0.25) is 0 Å². The highest BCUT2D eigenvalue weighted by Crippen LogP contribution is 1.68. The summed E-state index contributed by atoms with van der Waals surface area (Å²) in [6, 6.07) is 5.86. The highest BCUT2D eigenvalue weighted by atomic mass is 127. The van der Waals surface area contributed by atoms with Crippen molar-refractivity contribution in [1.29, 1.82) is 0 Å². The first-order valence-electron chi connectivity index (χ1n) is 1.91. The molecule has 0 aromatic carbocycles. The van der Waals surface area contributed by atoms with Gasteiger partial charge in [0.25, 0.3) is 0 Å². The normalized spacial score (nSPS) is 6.00. The molecule has 3 heteroatoms. The zero-order chi connectivity index (χ0) is 4.24. The van der Waals surface area contributed by atoms with Crippen LogP contribution < -0.4 is 41.4 Å². The third kappa shape index (κ3) is 4.33. The second-order valence-corrected chi connectivity index (χ2v) is 1.08. The zero-order valence-corrected chi connectivity index (χ0v) is 7.06. The highest BCUT2D eigenvalue weighted by molar-refractivity contribution is 4.82. The molecule has 1 nitrogen and oxygen atoms in total. The molecule has 1 heterocycles. The number of rotatable bonds is 0. The smallest absolute Gasteiger partial charge is 0.166 e. The monoisotopic (exact) mass is 242 g/mol. The third-order valence-electron chi connectivity index (χ3n) is 0.607. The Balaban J connectivity index is 0. The molecule has 1 aromatic rings. The Labute approximate surface area is 71.9 Å². The third-order valence-corrected chi connectivity index (χ3v) is 0.607. The molecular formula is C5H6ClIN-. The number of nitrogens with one attached hydrogen (secondary N) is 1. The maximum Gasteiger partial charge on any atom is 0.166 e. The molecule has 1 rings (SSSR count). The fourth-order valence-corrected chi connectivity index (χ4v) is 0.342. The van der Waals surface area contributed by atoms with E-state index < -0.39 is 0 Å². The molecule has 0 aliphatic carbocycles. The number of hydrogen-bond acceptors (Lipinski definition) is 0. The van der Waals surface area contributed by atoms with Gasteiger partial charge >= 0.3 is 0 Å². The van der Waals surface area contributed by atoms with Crippen LogP contribution in [0.2, 0.25) is 0 Å². The maximum atomic E-state index is 2.89. The van der Waals surface area contributed by atoms with Crippen molar-refractivity contribution in [3.8, 4) is 0 Å². The van der Waals surface area contributed by atoms with Crippen LogP contribution >= 0.6 is 0 Å². The second kappa shape index (κ2) is 7.17. The minimum atomic E-state index is 0. The summed E-state index contributed by atoms with van der Waals surface area (Å²) in [5, 5.41) is 0. The summed E-state index contributed by atoms with van der Waals surface area (Å²) in [6.45, 7) is 0. The minimum Gasteiger partial charge on any atom is -1.00 e. The molecule has 8 heavy (non-hydrogen) atoms. The predicted octanol–water partition coefficient (Wildman–Crippen LogP) is -5.49. The molecule has 0 radical (unpaired) electrons. The van der Waals surface area contributed by atoms with E-state index in [4.69, 9.17) is 0 Å². The molecule has 1 aromatic heterocycles. The van der Waals surface area contributed by atoms with Crippen molar-refractivity contribution in [3.05, 3.63) is 30.6 Å². The van der Waals surface area contributed by atoms with Gasteiger partial charge in [0.1, 0.15) is 0 Å². The Morgan fingerprint density at radius 2 is 1.38 bits per heavy atom. The van der Waals surface area contributed by atoms with E-state index in [0.29, 0.717) is 0 Å². The standard InChI is InChI=1S/C5H5N.ClH.HI/c1-2-4-6-5-3-1;;/h1-5H;2*1H/p-1. The van der Waals surface area contributed by atoms with Crippen molar-refractivity contribution in [2.75, 3.05) is 0 Å². The molecule has 0 bridgehead atoms. The number of pyridine rings is 1. The molecule has 0 saturated heterocycles. The summed E-state index contributed by atoms with van der Waals surface area (Å²) in [6.07, 6.45) is 3.75. The average molecular weight is 242 g/mol. The SMILES string of the molecule is [Cl-].[I-].c1cc[nH+]cc1. The predicted molar refractivity (Wildman–Crippen MR) is 23.0 cm³/mol. The van der Waals surface area contributed by atoms with E-state index in [0.717, 1.165) is 0 Å². The van der Waals surface area contributed by atoms with Gasteiger partial charge in [-0.2, -0.15) is 0 Å². The van der Waals surface area contributed by atoms with Gasteiger partial charge in [-0.1, -0.05) is 6.07 Å². The van der Waals surface area contributed by atoms with Crippen molar-refractivity contribution in [2.24, 2.45) is 0 Å². The van der Waals surface area contributed by atoms with Gasteiger partial charge in [0.05, 0.1) is 0 Å². The van der Waals surface area contributed by atoms with Gasteiger partial charge in [-0.05, 0) is 0 Å².